The monoisotopic (exact) mass is 283 g/mol. The average Bonchev–Trinajstić information content (AvgIpc) is 2.72. The smallest absolute Gasteiger partial charge is 0.0700 e. The molecular formula is C15H29N3O2. The molecule has 1 heterocycles. The van der Waals surface area contributed by atoms with Crippen molar-refractivity contribution in [3.05, 3.63) is 17.5 Å². The second-order valence-corrected chi connectivity index (χ2v) is 6.04. The fourth-order valence-electron chi connectivity index (χ4n) is 1.81. The highest BCUT2D eigenvalue weighted by atomic mass is 16.5. The quantitative estimate of drug-likeness (QED) is 0.705. The van der Waals surface area contributed by atoms with Crippen LogP contribution in [0.25, 0.3) is 0 Å². The molecule has 116 valence electrons. The number of ether oxygens (including phenoxy) is 2. The van der Waals surface area contributed by atoms with Gasteiger partial charge in [0, 0.05) is 43.6 Å². The first-order valence-electron chi connectivity index (χ1n) is 7.27. The van der Waals surface area contributed by atoms with Gasteiger partial charge in [-0.15, -0.1) is 0 Å². The molecule has 0 saturated carbocycles. The Morgan fingerprint density at radius 3 is 2.65 bits per heavy atom. The molecule has 0 spiro atoms. The highest BCUT2D eigenvalue weighted by Crippen LogP contribution is 2.10. The van der Waals surface area contributed by atoms with Crippen LogP contribution in [0.2, 0.25) is 0 Å². The number of aromatic nitrogens is 2. The molecule has 5 heteroatoms. The Morgan fingerprint density at radius 2 is 2.00 bits per heavy atom. The molecule has 0 bridgehead atoms. The van der Waals surface area contributed by atoms with E-state index in [1.54, 1.807) is 7.11 Å². The van der Waals surface area contributed by atoms with Gasteiger partial charge in [-0.05, 0) is 34.1 Å². The van der Waals surface area contributed by atoms with Gasteiger partial charge in [0.25, 0.3) is 0 Å². The van der Waals surface area contributed by atoms with E-state index in [1.165, 1.54) is 11.3 Å². The van der Waals surface area contributed by atoms with Crippen molar-refractivity contribution < 1.29 is 9.47 Å². The lowest BCUT2D eigenvalue weighted by Crippen LogP contribution is -2.35. The van der Waals surface area contributed by atoms with E-state index in [9.17, 15) is 0 Å². The molecule has 0 amide bonds. The SMILES string of the molecule is COCCOCCCn1ncc(CNC(C)(C)C)c1C. The normalized spacial score (nSPS) is 12.1. The van der Waals surface area contributed by atoms with Gasteiger partial charge >= 0.3 is 0 Å². The molecule has 1 aromatic heterocycles. The van der Waals surface area contributed by atoms with Crippen LogP contribution in [0, 0.1) is 6.92 Å². The number of nitrogens with zero attached hydrogens (tertiary/aromatic N) is 2. The summed E-state index contributed by atoms with van der Waals surface area (Å²) in [6.07, 6.45) is 2.93. The Morgan fingerprint density at radius 1 is 1.25 bits per heavy atom. The Bertz CT molecular complexity index is 383. The summed E-state index contributed by atoms with van der Waals surface area (Å²) >= 11 is 0. The predicted molar refractivity (Wildman–Crippen MR) is 80.9 cm³/mol. The molecule has 5 nitrogen and oxygen atoms in total. The third-order valence-electron chi connectivity index (χ3n) is 3.10. The van der Waals surface area contributed by atoms with Crippen molar-refractivity contribution in [2.75, 3.05) is 26.9 Å². The van der Waals surface area contributed by atoms with Crippen molar-refractivity contribution in [3.8, 4) is 0 Å². The maximum Gasteiger partial charge on any atom is 0.0700 e. The number of methoxy groups -OCH3 is 1. The van der Waals surface area contributed by atoms with Crippen molar-refractivity contribution in [1.82, 2.24) is 15.1 Å². The predicted octanol–water partition coefficient (Wildman–Crippen LogP) is 2.13. The summed E-state index contributed by atoms with van der Waals surface area (Å²) < 4.78 is 12.4. The zero-order chi connectivity index (χ0) is 15.0. The van der Waals surface area contributed by atoms with Crippen LogP contribution in [-0.4, -0.2) is 42.2 Å². The highest BCUT2D eigenvalue weighted by Gasteiger charge is 2.11. The number of hydrogen-bond donors (Lipinski definition) is 1. The average molecular weight is 283 g/mol. The van der Waals surface area contributed by atoms with E-state index < -0.39 is 0 Å². The molecule has 0 fully saturated rings. The molecule has 0 aliphatic heterocycles. The Kier molecular flexibility index (Phi) is 7.19. The van der Waals surface area contributed by atoms with Crippen LogP contribution in [0.3, 0.4) is 0 Å². The zero-order valence-corrected chi connectivity index (χ0v) is 13.5. The van der Waals surface area contributed by atoms with E-state index in [0.717, 1.165) is 26.1 Å². The first kappa shape index (κ1) is 17.1. The Hall–Kier alpha value is -0.910. The third kappa shape index (κ3) is 6.50. The first-order valence-corrected chi connectivity index (χ1v) is 7.27. The van der Waals surface area contributed by atoms with Gasteiger partial charge in [-0.25, -0.2) is 0 Å². The minimum atomic E-state index is 0.129. The van der Waals surface area contributed by atoms with Crippen molar-refractivity contribution >= 4 is 0 Å². The summed E-state index contributed by atoms with van der Waals surface area (Å²) in [5.41, 5.74) is 2.63. The molecule has 0 aliphatic carbocycles. The number of aryl methyl sites for hydroxylation is 1. The van der Waals surface area contributed by atoms with E-state index in [2.05, 4.69) is 42.8 Å². The highest BCUT2D eigenvalue weighted by molar-refractivity contribution is 5.16. The van der Waals surface area contributed by atoms with Crippen LogP contribution in [0.5, 0.6) is 0 Å². The molecule has 20 heavy (non-hydrogen) atoms. The maximum atomic E-state index is 5.46. The Balaban J connectivity index is 2.31. The third-order valence-corrected chi connectivity index (χ3v) is 3.10. The largest absolute Gasteiger partial charge is 0.382 e. The van der Waals surface area contributed by atoms with Crippen LogP contribution in [0.4, 0.5) is 0 Å². The van der Waals surface area contributed by atoms with Crippen molar-refractivity contribution in [1.29, 1.82) is 0 Å². The Labute approximate surface area is 122 Å². The van der Waals surface area contributed by atoms with Gasteiger partial charge in [-0.2, -0.15) is 5.10 Å². The second-order valence-electron chi connectivity index (χ2n) is 6.04. The lowest BCUT2D eigenvalue weighted by atomic mass is 10.1. The lowest BCUT2D eigenvalue weighted by Gasteiger charge is -2.20. The molecule has 1 rings (SSSR count). The van der Waals surface area contributed by atoms with Gasteiger partial charge in [0.15, 0.2) is 0 Å². The van der Waals surface area contributed by atoms with E-state index in [-0.39, 0.29) is 5.54 Å². The van der Waals surface area contributed by atoms with Crippen molar-refractivity contribution in [3.63, 3.8) is 0 Å². The first-order chi connectivity index (χ1) is 9.44. The number of rotatable bonds is 9. The van der Waals surface area contributed by atoms with Gasteiger partial charge in [-0.1, -0.05) is 0 Å². The van der Waals surface area contributed by atoms with Crippen LogP contribution < -0.4 is 5.32 Å². The second kappa shape index (κ2) is 8.39. The van der Waals surface area contributed by atoms with Crippen LogP contribution in [-0.2, 0) is 22.6 Å². The molecule has 0 radical (unpaired) electrons. The molecule has 1 aromatic rings. The van der Waals surface area contributed by atoms with E-state index in [0.29, 0.717) is 13.2 Å². The van der Waals surface area contributed by atoms with Crippen molar-refractivity contribution in [2.24, 2.45) is 0 Å². The number of hydrogen-bond acceptors (Lipinski definition) is 4. The zero-order valence-electron chi connectivity index (χ0n) is 13.5. The fourth-order valence-corrected chi connectivity index (χ4v) is 1.81. The van der Waals surface area contributed by atoms with Gasteiger partial charge in [0.1, 0.15) is 0 Å². The summed E-state index contributed by atoms with van der Waals surface area (Å²) in [7, 11) is 1.68. The van der Waals surface area contributed by atoms with Crippen molar-refractivity contribution in [2.45, 2.75) is 52.7 Å². The minimum absolute atomic E-state index is 0.129. The van der Waals surface area contributed by atoms with Gasteiger partial charge < -0.3 is 14.8 Å². The fraction of sp³-hybridized carbons (Fsp3) is 0.800. The molecule has 0 unspecified atom stereocenters. The van der Waals surface area contributed by atoms with E-state index >= 15 is 0 Å². The van der Waals surface area contributed by atoms with Gasteiger partial charge in [0.05, 0.1) is 19.4 Å². The van der Waals surface area contributed by atoms with E-state index in [1.807, 2.05) is 6.20 Å². The summed E-state index contributed by atoms with van der Waals surface area (Å²) in [6, 6.07) is 0. The van der Waals surface area contributed by atoms with Crippen LogP contribution in [0.15, 0.2) is 6.20 Å². The lowest BCUT2D eigenvalue weighted by molar-refractivity contribution is 0.0676. The summed E-state index contributed by atoms with van der Waals surface area (Å²) in [4.78, 5) is 0. The molecule has 0 atom stereocenters. The van der Waals surface area contributed by atoms with Gasteiger partial charge in [0.2, 0.25) is 0 Å². The summed E-state index contributed by atoms with van der Waals surface area (Å²) in [5.74, 6) is 0. The topological polar surface area (TPSA) is 48.3 Å². The van der Waals surface area contributed by atoms with Gasteiger partial charge in [-0.3, -0.25) is 4.68 Å². The van der Waals surface area contributed by atoms with Crippen LogP contribution in [0.1, 0.15) is 38.4 Å². The molecule has 0 aliphatic rings. The number of nitrogens with one attached hydrogen (secondary N) is 1. The summed E-state index contributed by atoms with van der Waals surface area (Å²) in [5, 5.41) is 7.94. The van der Waals surface area contributed by atoms with Crippen LogP contribution >= 0.6 is 0 Å². The van der Waals surface area contributed by atoms with E-state index in [4.69, 9.17) is 9.47 Å². The minimum Gasteiger partial charge on any atom is -0.382 e. The molecule has 1 N–H and O–H groups in total. The maximum absolute atomic E-state index is 5.46. The standard InChI is InChI=1S/C15H29N3O2/c1-13-14(11-16-15(2,3)4)12-17-18(13)7-6-8-20-10-9-19-5/h12,16H,6-11H2,1-5H3. The molecular weight excluding hydrogens is 254 g/mol. The molecule has 0 aromatic carbocycles. The molecule has 0 saturated heterocycles. The summed E-state index contributed by atoms with van der Waals surface area (Å²) in [6.45, 7) is 12.5.